The van der Waals surface area contributed by atoms with Gasteiger partial charge in [-0.1, -0.05) is 6.08 Å². The molecule has 0 aliphatic rings. The monoisotopic (exact) mass is 383 g/mol. The molecule has 0 heterocycles. The highest BCUT2D eigenvalue weighted by molar-refractivity contribution is 14.0. The molecule has 0 aliphatic carbocycles. The Hall–Kier alpha value is -0.300. The number of rotatable bonds is 10. The van der Waals surface area contributed by atoms with Crippen molar-refractivity contribution >= 4 is 29.9 Å². The van der Waals surface area contributed by atoms with Crippen LogP contribution in [0.2, 0.25) is 0 Å². The van der Waals surface area contributed by atoms with E-state index in [1.54, 1.807) is 0 Å². The fraction of sp³-hybridized carbons (Fsp3) is 0.786. The van der Waals surface area contributed by atoms with Crippen LogP contribution in [0.1, 0.15) is 32.6 Å². The Bertz CT molecular complexity index is 235. The minimum absolute atomic E-state index is 0. The molecule has 19 heavy (non-hydrogen) atoms. The van der Waals surface area contributed by atoms with Gasteiger partial charge in [0.1, 0.15) is 0 Å². The lowest BCUT2D eigenvalue weighted by Crippen LogP contribution is -2.39. The van der Waals surface area contributed by atoms with Crippen LogP contribution in [-0.2, 0) is 4.74 Å². The van der Waals surface area contributed by atoms with Crippen molar-refractivity contribution in [2.75, 3.05) is 40.4 Å². The van der Waals surface area contributed by atoms with Gasteiger partial charge in [0.15, 0.2) is 5.96 Å². The summed E-state index contributed by atoms with van der Waals surface area (Å²) < 4.78 is 5.30. The van der Waals surface area contributed by atoms with E-state index in [0.717, 1.165) is 57.9 Å². The third-order valence-corrected chi connectivity index (χ3v) is 2.68. The molecule has 4 nitrogen and oxygen atoms in total. The van der Waals surface area contributed by atoms with Crippen molar-refractivity contribution in [1.82, 2.24) is 10.2 Å². The van der Waals surface area contributed by atoms with Crippen molar-refractivity contribution < 1.29 is 4.74 Å². The molecule has 0 amide bonds. The molecular formula is C14H30IN3O. The summed E-state index contributed by atoms with van der Waals surface area (Å²) in [7, 11) is 3.89. The summed E-state index contributed by atoms with van der Waals surface area (Å²) >= 11 is 0. The van der Waals surface area contributed by atoms with E-state index in [1.165, 1.54) is 0 Å². The normalized spacial score (nSPS) is 10.8. The number of nitrogens with one attached hydrogen (secondary N) is 1. The molecule has 5 heteroatoms. The molecule has 0 fully saturated rings. The van der Waals surface area contributed by atoms with Crippen LogP contribution < -0.4 is 5.32 Å². The first-order valence-corrected chi connectivity index (χ1v) is 6.86. The standard InChI is InChI=1S/C14H29N3O.HI/c1-5-7-9-12-17(4)14(15-3)16-11-8-10-13-18-6-2;/h5H,1,6-13H2,2-4H3,(H,15,16);1H. The smallest absolute Gasteiger partial charge is 0.193 e. The number of hydrogen-bond acceptors (Lipinski definition) is 2. The molecule has 1 N–H and O–H groups in total. The lowest BCUT2D eigenvalue weighted by Gasteiger charge is -2.21. The molecule has 0 aromatic heterocycles. The average molecular weight is 383 g/mol. The van der Waals surface area contributed by atoms with E-state index in [0.29, 0.717) is 0 Å². The van der Waals surface area contributed by atoms with Gasteiger partial charge < -0.3 is 15.0 Å². The highest BCUT2D eigenvalue weighted by Gasteiger charge is 2.03. The fourth-order valence-corrected chi connectivity index (χ4v) is 1.64. The number of hydrogen-bond donors (Lipinski definition) is 1. The van der Waals surface area contributed by atoms with Gasteiger partial charge in [0, 0.05) is 40.4 Å². The lowest BCUT2D eigenvalue weighted by atomic mass is 10.3. The second-order valence-electron chi connectivity index (χ2n) is 4.23. The van der Waals surface area contributed by atoms with Gasteiger partial charge >= 0.3 is 0 Å². The Labute approximate surface area is 135 Å². The minimum atomic E-state index is 0. The van der Waals surface area contributed by atoms with Crippen molar-refractivity contribution in [3.8, 4) is 0 Å². The predicted octanol–water partition coefficient (Wildman–Crippen LogP) is 2.89. The second kappa shape index (κ2) is 15.8. The number of guanidine groups is 1. The molecule has 0 aromatic rings. The van der Waals surface area contributed by atoms with Crippen LogP contribution in [0.4, 0.5) is 0 Å². The highest BCUT2D eigenvalue weighted by Crippen LogP contribution is 1.95. The van der Waals surface area contributed by atoms with Crippen LogP contribution in [0, 0.1) is 0 Å². The number of unbranched alkanes of at least 4 members (excludes halogenated alkanes) is 2. The molecule has 0 aromatic carbocycles. The summed E-state index contributed by atoms with van der Waals surface area (Å²) in [6.45, 7) is 9.37. The maximum absolute atomic E-state index is 5.30. The Balaban J connectivity index is 0. The molecule has 114 valence electrons. The van der Waals surface area contributed by atoms with Gasteiger partial charge in [0.05, 0.1) is 0 Å². The lowest BCUT2D eigenvalue weighted by molar-refractivity contribution is 0.143. The number of halogens is 1. The average Bonchev–Trinajstić information content (AvgIpc) is 2.38. The Morgan fingerprint density at radius 3 is 2.68 bits per heavy atom. The van der Waals surface area contributed by atoms with Crippen LogP contribution in [-0.4, -0.2) is 51.3 Å². The first kappa shape index (κ1) is 21.0. The fourth-order valence-electron chi connectivity index (χ4n) is 1.64. The van der Waals surface area contributed by atoms with Gasteiger partial charge in [0.25, 0.3) is 0 Å². The van der Waals surface area contributed by atoms with Gasteiger partial charge in [-0.15, -0.1) is 30.6 Å². The van der Waals surface area contributed by atoms with Crippen LogP contribution in [0.5, 0.6) is 0 Å². The third-order valence-electron chi connectivity index (χ3n) is 2.68. The Morgan fingerprint density at radius 2 is 2.11 bits per heavy atom. The third kappa shape index (κ3) is 12.5. The van der Waals surface area contributed by atoms with Crippen molar-refractivity contribution in [2.24, 2.45) is 4.99 Å². The number of allylic oxidation sites excluding steroid dienone is 1. The molecule has 0 saturated heterocycles. The molecule has 0 rings (SSSR count). The van der Waals surface area contributed by atoms with Crippen LogP contribution in [0.3, 0.4) is 0 Å². The van der Waals surface area contributed by atoms with Gasteiger partial charge in [-0.3, -0.25) is 4.99 Å². The Kier molecular flexibility index (Phi) is 17.4. The van der Waals surface area contributed by atoms with E-state index in [-0.39, 0.29) is 24.0 Å². The van der Waals surface area contributed by atoms with E-state index in [1.807, 2.05) is 20.0 Å². The molecule has 0 unspecified atom stereocenters. The first-order valence-electron chi connectivity index (χ1n) is 6.86. The molecule has 0 spiro atoms. The van der Waals surface area contributed by atoms with Gasteiger partial charge in [-0.05, 0) is 32.6 Å². The number of ether oxygens (including phenoxy) is 1. The summed E-state index contributed by atoms with van der Waals surface area (Å²) in [4.78, 5) is 6.43. The van der Waals surface area contributed by atoms with E-state index in [9.17, 15) is 0 Å². The van der Waals surface area contributed by atoms with Crippen LogP contribution in [0.15, 0.2) is 17.6 Å². The first-order chi connectivity index (χ1) is 8.76. The predicted molar refractivity (Wildman–Crippen MR) is 94.6 cm³/mol. The van der Waals surface area contributed by atoms with Crippen molar-refractivity contribution in [3.05, 3.63) is 12.7 Å². The summed E-state index contributed by atoms with van der Waals surface area (Å²) in [6, 6.07) is 0. The summed E-state index contributed by atoms with van der Waals surface area (Å²) in [5, 5.41) is 3.37. The largest absolute Gasteiger partial charge is 0.382 e. The van der Waals surface area contributed by atoms with E-state index in [4.69, 9.17) is 4.74 Å². The van der Waals surface area contributed by atoms with E-state index in [2.05, 4.69) is 28.8 Å². The van der Waals surface area contributed by atoms with Gasteiger partial charge in [-0.25, -0.2) is 0 Å². The SMILES string of the molecule is C=CCCCN(C)C(=NC)NCCCCOCC.I. The van der Waals surface area contributed by atoms with Crippen molar-refractivity contribution in [3.63, 3.8) is 0 Å². The minimum Gasteiger partial charge on any atom is -0.382 e. The summed E-state index contributed by atoms with van der Waals surface area (Å²) in [5.41, 5.74) is 0. The maximum Gasteiger partial charge on any atom is 0.193 e. The van der Waals surface area contributed by atoms with Crippen LogP contribution in [0.25, 0.3) is 0 Å². The Morgan fingerprint density at radius 1 is 1.37 bits per heavy atom. The quantitative estimate of drug-likeness (QED) is 0.207. The zero-order valence-corrected chi connectivity index (χ0v) is 15.0. The molecule has 0 aliphatic heterocycles. The van der Waals surface area contributed by atoms with Gasteiger partial charge in [-0.2, -0.15) is 0 Å². The van der Waals surface area contributed by atoms with E-state index < -0.39 is 0 Å². The second-order valence-corrected chi connectivity index (χ2v) is 4.23. The summed E-state index contributed by atoms with van der Waals surface area (Å²) in [5.74, 6) is 0.968. The van der Waals surface area contributed by atoms with Crippen LogP contribution >= 0.6 is 24.0 Å². The van der Waals surface area contributed by atoms with E-state index >= 15 is 0 Å². The maximum atomic E-state index is 5.30. The molecule has 0 atom stereocenters. The molecule has 0 saturated carbocycles. The molecule has 0 radical (unpaired) electrons. The zero-order valence-electron chi connectivity index (χ0n) is 12.7. The van der Waals surface area contributed by atoms with Gasteiger partial charge in [0.2, 0.25) is 0 Å². The zero-order chi connectivity index (χ0) is 13.6. The molecule has 0 bridgehead atoms. The summed E-state index contributed by atoms with van der Waals surface area (Å²) in [6.07, 6.45) is 6.33. The number of nitrogens with zero attached hydrogens (tertiary/aromatic N) is 2. The molecular weight excluding hydrogens is 353 g/mol. The highest BCUT2D eigenvalue weighted by atomic mass is 127. The van der Waals surface area contributed by atoms with Crippen molar-refractivity contribution in [2.45, 2.75) is 32.6 Å². The number of aliphatic imine (C=N–C) groups is 1. The topological polar surface area (TPSA) is 36.9 Å². The van der Waals surface area contributed by atoms with Crippen molar-refractivity contribution in [1.29, 1.82) is 0 Å².